The highest BCUT2D eigenvalue weighted by Gasteiger charge is 2.48. The smallest absolute Gasteiger partial charge is 0.300 e. The molecule has 6 nitrogen and oxygen atoms in total. The first-order chi connectivity index (χ1) is 14.8. The molecule has 7 heteroatoms. The highest BCUT2D eigenvalue weighted by molar-refractivity contribution is 6.51. The minimum absolute atomic E-state index is 0.0296. The summed E-state index contributed by atoms with van der Waals surface area (Å²) < 4.78 is 24.9. The number of furan rings is 1. The van der Waals surface area contributed by atoms with Gasteiger partial charge in [0, 0.05) is 5.69 Å². The quantitative estimate of drug-likeness (QED) is 0.376. The molecule has 0 saturated carbocycles. The molecule has 1 saturated heterocycles. The molecule has 0 aliphatic carbocycles. The molecule has 1 aliphatic heterocycles. The molecule has 1 amide bonds. The van der Waals surface area contributed by atoms with Crippen molar-refractivity contribution in [3.63, 3.8) is 0 Å². The van der Waals surface area contributed by atoms with Crippen LogP contribution in [0.1, 0.15) is 28.7 Å². The van der Waals surface area contributed by atoms with E-state index in [1.165, 1.54) is 24.1 Å². The van der Waals surface area contributed by atoms with E-state index < -0.39 is 29.3 Å². The number of ether oxygens (including phenoxy) is 1. The van der Waals surface area contributed by atoms with E-state index in [2.05, 4.69) is 0 Å². The Balaban J connectivity index is 1.98. The topological polar surface area (TPSA) is 80.0 Å². The van der Waals surface area contributed by atoms with Crippen LogP contribution in [0.2, 0.25) is 0 Å². The molecule has 2 aromatic carbocycles. The second-order valence-corrected chi connectivity index (χ2v) is 7.30. The lowest BCUT2D eigenvalue weighted by Crippen LogP contribution is -2.29. The van der Waals surface area contributed by atoms with E-state index in [4.69, 9.17) is 9.15 Å². The maximum absolute atomic E-state index is 13.9. The number of halogens is 1. The van der Waals surface area contributed by atoms with E-state index in [0.717, 1.165) is 11.6 Å². The lowest BCUT2D eigenvalue weighted by Gasteiger charge is -2.24. The van der Waals surface area contributed by atoms with Gasteiger partial charge in [-0.25, -0.2) is 4.39 Å². The minimum atomic E-state index is -1.02. The molecule has 3 aromatic rings. The molecule has 31 heavy (non-hydrogen) atoms. The molecule has 1 unspecified atom stereocenters. The summed E-state index contributed by atoms with van der Waals surface area (Å²) in [5.74, 6) is -1.84. The van der Waals surface area contributed by atoms with Gasteiger partial charge >= 0.3 is 0 Å². The second-order valence-electron chi connectivity index (χ2n) is 7.30. The predicted molar refractivity (Wildman–Crippen MR) is 112 cm³/mol. The van der Waals surface area contributed by atoms with Crippen molar-refractivity contribution in [3.05, 3.63) is 88.6 Å². The molecule has 1 aromatic heterocycles. The van der Waals surface area contributed by atoms with Crippen LogP contribution in [0.4, 0.5) is 10.1 Å². The summed E-state index contributed by atoms with van der Waals surface area (Å²) in [6, 6.07) is 13.0. The normalized spacial score (nSPS) is 17.9. The molecular formula is C24H20FNO5. The predicted octanol–water partition coefficient (Wildman–Crippen LogP) is 4.67. The number of carbonyl (C=O) groups is 2. The van der Waals surface area contributed by atoms with Crippen LogP contribution in [0.25, 0.3) is 5.76 Å². The van der Waals surface area contributed by atoms with Crippen LogP contribution in [0.15, 0.2) is 64.6 Å². The van der Waals surface area contributed by atoms with Gasteiger partial charge in [-0.2, -0.15) is 0 Å². The number of rotatable bonds is 4. The SMILES string of the molecule is COc1ccc(F)cc1/C(O)=C1\C(=O)C(=O)N(c2cccc(C)c2)C1c1ccc(C)o1. The number of Topliss-reactive ketones (excluding diaryl/α,β-unsaturated/α-hetero) is 1. The highest BCUT2D eigenvalue weighted by atomic mass is 19.1. The average Bonchev–Trinajstić information content (AvgIpc) is 3.28. The van der Waals surface area contributed by atoms with Gasteiger partial charge in [0.15, 0.2) is 0 Å². The Hall–Kier alpha value is -3.87. The van der Waals surface area contributed by atoms with E-state index in [1.54, 1.807) is 37.3 Å². The van der Waals surface area contributed by atoms with Crippen molar-refractivity contribution in [2.24, 2.45) is 0 Å². The standard InChI is InChI=1S/C24H20FNO5/c1-13-5-4-6-16(11-13)26-21(19-9-7-14(2)31-19)20(23(28)24(26)29)22(27)17-12-15(25)8-10-18(17)30-3/h4-12,21,27H,1-3H3/b22-20+. The Morgan fingerprint density at radius 2 is 1.87 bits per heavy atom. The Morgan fingerprint density at radius 3 is 2.52 bits per heavy atom. The van der Waals surface area contributed by atoms with Crippen molar-refractivity contribution in [1.82, 2.24) is 0 Å². The zero-order chi connectivity index (χ0) is 22.3. The van der Waals surface area contributed by atoms with Crippen LogP contribution < -0.4 is 9.64 Å². The molecule has 0 radical (unpaired) electrons. The average molecular weight is 421 g/mol. The summed E-state index contributed by atoms with van der Waals surface area (Å²) in [7, 11) is 1.36. The Kier molecular flexibility index (Phi) is 5.10. The maximum atomic E-state index is 13.9. The zero-order valence-electron chi connectivity index (χ0n) is 17.2. The van der Waals surface area contributed by atoms with Gasteiger partial charge < -0.3 is 14.3 Å². The number of anilines is 1. The fourth-order valence-electron chi connectivity index (χ4n) is 3.76. The Bertz CT molecular complexity index is 1230. The third-order valence-corrected chi connectivity index (χ3v) is 5.17. The van der Waals surface area contributed by atoms with Crippen molar-refractivity contribution in [2.45, 2.75) is 19.9 Å². The molecular weight excluding hydrogens is 401 g/mol. The fraction of sp³-hybridized carbons (Fsp3) is 0.167. The van der Waals surface area contributed by atoms with Gasteiger partial charge in [0.05, 0.1) is 18.2 Å². The van der Waals surface area contributed by atoms with Crippen LogP contribution in [-0.4, -0.2) is 23.9 Å². The summed E-state index contributed by atoms with van der Waals surface area (Å²) in [6.07, 6.45) is 0. The number of nitrogens with zero attached hydrogens (tertiary/aromatic N) is 1. The number of aryl methyl sites for hydroxylation is 2. The third kappa shape index (κ3) is 3.48. The van der Waals surface area contributed by atoms with Gasteiger partial charge in [0.2, 0.25) is 0 Å². The number of benzene rings is 2. The first-order valence-corrected chi connectivity index (χ1v) is 9.59. The molecule has 0 spiro atoms. The third-order valence-electron chi connectivity index (χ3n) is 5.17. The van der Waals surface area contributed by atoms with E-state index in [1.807, 2.05) is 13.0 Å². The van der Waals surface area contributed by atoms with E-state index in [-0.39, 0.29) is 16.9 Å². The van der Waals surface area contributed by atoms with Crippen molar-refractivity contribution in [2.75, 3.05) is 12.0 Å². The molecule has 2 heterocycles. The number of amides is 1. The Labute approximate surface area is 178 Å². The van der Waals surface area contributed by atoms with Gasteiger partial charge in [0.1, 0.15) is 34.9 Å². The minimum Gasteiger partial charge on any atom is -0.507 e. The number of methoxy groups -OCH3 is 1. The molecule has 1 aliphatic rings. The molecule has 1 atom stereocenters. The van der Waals surface area contributed by atoms with Crippen molar-refractivity contribution >= 4 is 23.1 Å². The Morgan fingerprint density at radius 1 is 1.10 bits per heavy atom. The van der Waals surface area contributed by atoms with Crippen molar-refractivity contribution < 1.29 is 28.2 Å². The molecule has 158 valence electrons. The van der Waals surface area contributed by atoms with Crippen LogP contribution in [0.3, 0.4) is 0 Å². The van der Waals surface area contributed by atoms with Gasteiger partial charge in [-0.3, -0.25) is 14.5 Å². The van der Waals surface area contributed by atoms with Gasteiger partial charge in [0.25, 0.3) is 11.7 Å². The van der Waals surface area contributed by atoms with E-state index in [9.17, 15) is 19.1 Å². The molecule has 1 N–H and O–H groups in total. The van der Waals surface area contributed by atoms with Crippen LogP contribution >= 0.6 is 0 Å². The number of hydrogen-bond acceptors (Lipinski definition) is 5. The number of hydrogen-bond donors (Lipinski definition) is 1. The second kappa shape index (κ2) is 7.75. The zero-order valence-corrected chi connectivity index (χ0v) is 17.2. The van der Waals surface area contributed by atoms with E-state index in [0.29, 0.717) is 17.2 Å². The number of aliphatic hydroxyl groups excluding tert-OH is 1. The monoisotopic (exact) mass is 421 g/mol. The van der Waals surface area contributed by atoms with Crippen LogP contribution in [-0.2, 0) is 9.59 Å². The summed E-state index contributed by atoms with van der Waals surface area (Å²) >= 11 is 0. The highest BCUT2D eigenvalue weighted by Crippen LogP contribution is 2.43. The van der Waals surface area contributed by atoms with Crippen molar-refractivity contribution in [1.29, 1.82) is 0 Å². The molecule has 0 bridgehead atoms. The van der Waals surface area contributed by atoms with Gasteiger partial charge in [-0.1, -0.05) is 12.1 Å². The first kappa shape index (κ1) is 20.4. The first-order valence-electron chi connectivity index (χ1n) is 9.59. The van der Waals surface area contributed by atoms with Gasteiger partial charge in [-0.15, -0.1) is 0 Å². The summed E-state index contributed by atoms with van der Waals surface area (Å²) in [6.45, 7) is 3.60. The number of aliphatic hydroxyl groups is 1. The van der Waals surface area contributed by atoms with Crippen molar-refractivity contribution in [3.8, 4) is 5.75 Å². The summed E-state index contributed by atoms with van der Waals surface area (Å²) in [5.41, 5.74) is 1.13. The lowest BCUT2D eigenvalue weighted by molar-refractivity contribution is -0.132. The largest absolute Gasteiger partial charge is 0.507 e. The maximum Gasteiger partial charge on any atom is 0.300 e. The van der Waals surface area contributed by atoms with Crippen LogP contribution in [0, 0.1) is 19.7 Å². The van der Waals surface area contributed by atoms with Crippen LogP contribution in [0.5, 0.6) is 5.75 Å². The number of ketones is 1. The van der Waals surface area contributed by atoms with E-state index >= 15 is 0 Å². The lowest BCUT2D eigenvalue weighted by atomic mass is 9.98. The summed E-state index contributed by atoms with van der Waals surface area (Å²) in [4.78, 5) is 27.4. The van der Waals surface area contributed by atoms with Gasteiger partial charge in [-0.05, 0) is 61.9 Å². The molecule has 1 fully saturated rings. The fourth-order valence-corrected chi connectivity index (χ4v) is 3.76. The molecule has 4 rings (SSSR count). The number of carbonyl (C=O) groups excluding carboxylic acids is 2. The summed E-state index contributed by atoms with van der Waals surface area (Å²) in [5, 5.41) is 11.1.